The number of hydrogen-bond acceptors (Lipinski definition) is 8. The number of nitrogens with zero attached hydrogens (tertiary/aromatic N) is 4. The van der Waals surface area contributed by atoms with Crippen LogP contribution in [0.25, 0.3) is 10.4 Å². The Kier molecular flexibility index (Phi) is 14.4. The minimum atomic E-state index is -0.316. The Morgan fingerprint density at radius 3 is 1.63 bits per heavy atom. The van der Waals surface area contributed by atoms with Gasteiger partial charge in [-0.2, -0.15) is 10.2 Å². The Balaban J connectivity index is 0.000000144. The average molecular weight is 938 g/mol. The lowest BCUT2D eigenvalue weighted by molar-refractivity contribution is 0.00578. The van der Waals surface area contributed by atoms with E-state index in [0.717, 1.165) is 92.4 Å². The Hall–Kier alpha value is -4.34. The van der Waals surface area contributed by atoms with E-state index >= 15 is 0 Å². The summed E-state index contributed by atoms with van der Waals surface area (Å²) in [4.78, 5) is 31.1. The van der Waals surface area contributed by atoms with Gasteiger partial charge in [0.15, 0.2) is 0 Å². The van der Waals surface area contributed by atoms with Crippen LogP contribution in [0, 0.1) is 27.7 Å². The molecule has 3 aliphatic rings. The molecule has 14 heteroatoms. The number of aromatic nitrogens is 4. The van der Waals surface area contributed by atoms with Gasteiger partial charge in [-0.1, -0.05) is 60.7 Å². The van der Waals surface area contributed by atoms with Crippen molar-refractivity contribution >= 4 is 63.0 Å². The lowest BCUT2D eigenvalue weighted by atomic mass is 9.77. The molecule has 4 aromatic heterocycles. The molecule has 0 radical (unpaired) electrons. The van der Waals surface area contributed by atoms with Gasteiger partial charge in [-0.05, 0) is 133 Å². The van der Waals surface area contributed by atoms with Gasteiger partial charge in [0.05, 0.1) is 49.6 Å². The summed E-state index contributed by atoms with van der Waals surface area (Å²) in [5.74, 6) is 0.292. The van der Waals surface area contributed by atoms with Gasteiger partial charge in [0.25, 0.3) is 11.8 Å². The van der Waals surface area contributed by atoms with E-state index in [0.29, 0.717) is 0 Å². The van der Waals surface area contributed by atoms with Crippen molar-refractivity contribution in [3.63, 3.8) is 0 Å². The van der Waals surface area contributed by atoms with Gasteiger partial charge in [0.1, 0.15) is 0 Å². The second-order valence-electron chi connectivity index (χ2n) is 17.4. The molecule has 62 heavy (non-hydrogen) atoms. The molecule has 2 N–H and O–H groups in total. The monoisotopic (exact) mass is 936 g/mol. The molecular weight excluding hydrogens is 879 g/mol. The first-order chi connectivity index (χ1) is 29.6. The first kappa shape index (κ1) is 45.7. The lowest BCUT2D eigenvalue weighted by Gasteiger charge is -2.36. The molecular formula is C48H58BBrN6O4S2. The second-order valence-corrected chi connectivity index (χ2v) is 20.6. The third kappa shape index (κ3) is 10.0. The largest absolute Gasteiger partial charge is 0.498 e. The number of carbonyl (C=O) groups excluding carboxylic acids is 2. The number of rotatable bonds is 6. The highest BCUT2D eigenvalue weighted by molar-refractivity contribution is 9.11. The van der Waals surface area contributed by atoms with Gasteiger partial charge in [-0.3, -0.25) is 19.8 Å². The molecule has 0 bridgehead atoms. The Bertz CT molecular complexity index is 2390. The van der Waals surface area contributed by atoms with Crippen molar-refractivity contribution < 1.29 is 18.9 Å². The van der Waals surface area contributed by atoms with Crippen LogP contribution in [0.15, 0.2) is 87.3 Å². The smallest absolute Gasteiger partial charge is 0.399 e. The third-order valence-electron chi connectivity index (χ3n) is 12.6. The normalized spacial score (nSPS) is 19.3. The van der Waals surface area contributed by atoms with Gasteiger partial charge in [0.2, 0.25) is 0 Å². The molecule has 326 valence electrons. The van der Waals surface area contributed by atoms with E-state index < -0.39 is 0 Å². The molecule has 0 spiro atoms. The van der Waals surface area contributed by atoms with Gasteiger partial charge < -0.3 is 19.1 Å². The quantitative estimate of drug-likeness (QED) is 0.161. The first-order valence-electron chi connectivity index (χ1n) is 21.6. The molecule has 9 rings (SSSR count). The molecule has 2 atom stereocenters. The van der Waals surface area contributed by atoms with Crippen molar-refractivity contribution in [2.75, 3.05) is 13.1 Å². The molecule has 3 aliphatic heterocycles. The minimum Gasteiger partial charge on any atom is -0.399 e. The maximum absolute atomic E-state index is 13.2. The number of likely N-dealkylation sites (tertiary alicyclic amines) is 2. The van der Waals surface area contributed by atoms with Crippen LogP contribution in [0.3, 0.4) is 0 Å². The Labute approximate surface area is 383 Å². The third-order valence-corrected chi connectivity index (χ3v) is 15.1. The van der Waals surface area contributed by atoms with Crippen molar-refractivity contribution in [1.29, 1.82) is 0 Å². The number of benzene rings is 2. The van der Waals surface area contributed by atoms with E-state index in [1.165, 1.54) is 24.0 Å². The van der Waals surface area contributed by atoms with E-state index in [1.807, 2.05) is 79.8 Å². The zero-order valence-electron chi connectivity index (χ0n) is 37.1. The standard InChI is InChI=1S/C21H23N3OS.C16H16BrNOS.C11H19BN2O2/c1-14-20(15(2)23-22-14)19-12-17(13-26-19)21(25)24-11-7-6-10-18(24)16-8-4-3-5-9-16;17-15-10-13(11-20-15)16(19)18-9-5-4-8-14(18)12-6-2-1-3-7-12;1-7-9(8(2)14-13-7)12-15-10(3,4)11(5,6)16-12/h3-5,8-9,12-13,18H,6-7,10-11H2,1-2H3,(H,22,23);1-3,6-7,10-11,14H,4-5,8-9H2;1-6H3,(H,13,14). The molecule has 2 unspecified atom stereocenters. The Morgan fingerprint density at radius 2 is 1.18 bits per heavy atom. The molecule has 2 aromatic carbocycles. The predicted octanol–water partition coefficient (Wildman–Crippen LogP) is 11.3. The van der Waals surface area contributed by atoms with Gasteiger partial charge in [-0.25, -0.2) is 0 Å². The Morgan fingerprint density at radius 1 is 0.694 bits per heavy atom. The summed E-state index contributed by atoms with van der Waals surface area (Å²) in [6.45, 7) is 17.9. The molecule has 3 fully saturated rings. The zero-order valence-corrected chi connectivity index (χ0v) is 40.3. The number of H-pyrrole nitrogens is 2. The minimum absolute atomic E-state index is 0.139. The zero-order chi connectivity index (χ0) is 44.2. The van der Waals surface area contributed by atoms with Crippen LogP contribution in [0.1, 0.15) is 133 Å². The van der Waals surface area contributed by atoms with Crippen LogP contribution in [-0.2, 0) is 9.31 Å². The number of piperidine rings is 2. The number of thiophene rings is 2. The molecule has 7 heterocycles. The topological polar surface area (TPSA) is 116 Å². The van der Waals surface area contributed by atoms with E-state index in [4.69, 9.17) is 9.31 Å². The molecule has 0 saturated carbocycles. The summed E-state index contributed by atoms with van der Waals surface area (Å²) in [6, 6.07) is 25.1. The highest BCUT2D eigenvalue weighted by atomic mass is 79.9. The number of aromatic amines is 2. The van der Waals surface area contributed by atoms with E-state index in [9.17, 15) is 9.59 Å². The maximum Gasteiger partial charge on any atom is 0.498 e. The predicted molar refractivity (Wildman–Crippen MR) is 255 cm³/mol. The number of carbonyl (C=O) groups is 2. The highest BCUT2D eigenvalue weighted by Gasteiger charge is 2.53. The van der Waals surface area contributed by atoms with Gasteiger partial charge in [0, 0.05) is 51.1 Å². The molecule has 0 aliphatic carbocycles. The summed E-state index contributed by atoms with van der Waals surface area (Å²) < 4.78 is 13.0. The van der Waals surface area contributed by atoms with E-state index in [2.05, 4.69) is 105 Å². The molecule has 10 nitrogen and oxygen atoms in total. The highest BCUT2D eigenvalue weighted by Crippen LogP contribution is 2.38. The van der Waals surface area contributed by atoms with Gasteiger partial charge >= 0.3 is 7.12 Å². The van der Waals surface area contributed by atoms with Crippen LogP contribution < -0.4 is 5.46 Å². The van der Waals surface area contributed by atoms with Crippen LogP contribution in [0.5, 0.6) is 0 Å². The average Bonchev–Trinajstić information content (AvgIpc) is 4.11. The number of aryl methyl sites for hydroxylation is 4. The van der Waals surface area contributed by atoms with Crippen molar-refractivity contribution in [3.05, 3.63) is 132 Å². The van der Waals surface area contributed by atoms with E-state index in [1.54, 1.807) is 22.7 Å². The molecule has 6 aromatic rings. The van der Waals surface area contributed by atoms with Gasteiger partial charge in [-0.15, -0.1) is 22.7 Å². The van der Waals surface area contributed by atoms with Crippen molar-refractivity contribution in [2.45, 2.75) is 117 Å². The SMILES string of the molecule is Cc1n[nH]c(C)c1-c1cc(C(=O)N2CCCCC2c2ccccc2)cs1.Cc1n[nH]c(C)c1B1OC(C)(C)C(C)(C)O1.O=C(c1csc(Br)c1)N1CCCCC1c1ccccc1. The first-order valence-corrected chi connectivity index (χ1v) is 24.1. The maximum atomic E-state index is 13.2. The number of halogens is 1. The summed E-state index contributed by atoms with van der Waals surface area (Å²) in [6.07, 6.45) is 6.63. The number of nitrogens with one attached hydrogen (secondary N) is 2. The fourth-order valence-electron chi connectivity index (χ4n) is 8.51. The van der Waals surface area contributed by atoms with Crippen molar-refractivity contribution in [2.24, 2.45) is 0 Å². The number of hydrogen-bond donors (Lipinski definition) is 2. The summed E-state index contributed by atoms with van der Waals surface area (Å²) >= 11 is 6.61. The number of amides is 2. The fraction of sp³-hybridized carbons (Fsp3) is 0.417. The van der Waals surface area contributed by atoms with Crippen molar-refractivity contribution in [1.82, 2.24) is 30.2 Å². The van der Waals surface area contributed by atoms with Crippen molar-refractivity contribution in [3.8, 4) is 10.4 Å². The second kappa shape index (κ2) is 19.6. The van der Waals surface area contributed by atoms with Crippen LogP contribution in [-0.4, -0.2) is 73.4 Å². The lowest BCUT2D eigenvalue weighted by Crippen LogP contribution is -2.41. The van der Waals surface area contributed by atoms with E-state index in [-0.39, 0.29) is 42.2 Å². The van der Waals surface area contributed by atoms with Crippen LogP contribution in [0.2, 0.25) is 0 Å². The fourth-order valence-corrected chi connectivity index (χ4v) is 10.7. The molecule has 2 amide bonds. The summed E-state index contributed by atoms with van der Waals surface area (Å²) in [5.41, 5.74) is 9.58. The summed E-state index contributed by atoms with van der Waals surface area (Å²) in [7, 11) is -0.316. The summed E-state index contributed by atoms with van der Waals surface area (Å²) in [5, 5.41) is 18.4. The van der Waals surface area contributed by atoms with Crippen LogP contribution in [0.4, 0.5) is 0 Å². The molecule has 3 saturated heterocycles. The van der Waals surface area contributed by atoms with Crippen LogP contribution >= 0.6 is 38.6 Å².